The summed E-state index contributed by atoms with van der Waals surface area (Å²) in [5.74, 6) is 0. The van der Waals surface area contributed by atoms with E-state index in [1.807, 2.05) is 0 Å². The molecule has 0 amide bonds. The van der Waals surface area contributed by atoms with Crippen LogP contribution in [0.1, 0.15) is 5.69 Å². The minimum absolute atomic E-state index is 0.0214. The summed E-state index contributed by atoms with van der Waals surface area (Å²) in [6.07, 6.45) is 1.41. The highest BCUT2D eigenvalue weighted by molar-refractivity contribution is 7.93. The summed E-state index contributed by atoms with van der Waals surface area (Å²) >= 11 is 16.5. The Morgan fingerprint density at radius 1 is 1.24 bits per heavy atom. The summed E-state index contributed by atoms with van der Waals surface area (Å²) in [5, 5.41) is 0.613. The van der Waals surface area contributed by atoms with Crippen molar-refractivity contribution in [2.24, 2.45) is 5.73 Å². The molecular weight excluding hydrogens is 353 g/mol. The Morgan fingerprint density at radius 2 is 1.86 bits per heavy atom. The van der Waals surface area contributed by atoms with Crippen LogP contribution in [0.15, 0.2) is 41.4 Å². The molecule has 0 aliphatic rings. The molecule has 21 heavy (non-hydrogen) atoms. The van der Waals surface area contributed by atoms with Crippen LogP contribution >= 0.6 is 35.4 Å². The molecule has 5 nitrogen and oxygen atoms in total. The standard InChI is InChI=1S/C12H9Cl2N3O2S2/c13-7-4-8(14)6-9(5-7)17-21(18,19)10-2-1-3-16-11(10)12(15)20/h1-6,17H,(H2,15,20). The Kier molecular flexibility index (Phi) is 4.67. The Hall–Kier alpha value is -1.41. The Morgan fingerprint density at radius 3 is 2.43 bits per heavy atom. The van der Waals surface area contributed by atoms with E-state index in [9.17, 15) is 8.42 Å². The van der Waals surface area contributed by atoms with E-state index in [1.165, 1.54) is 36.5 Å². The first-order valence-corrected chi connectivity index (χ1v) is 8.18. The molecule has 1 aromatic heterocycles. The number of aromatic nitrogens is 1. The predicted molar refractivity (Wildman–Crippen MR) is 87.4 cm³/mol. The van der Waals surface area contributed by atoms with Crippen LogP contribution < -0.4 is 10.5 Å². The molecule has 0 unspecified atom stereocenters. The first-order chi connectivity index (χ1) is 9.79. The molecule has 2 rings (SSSR count). The quantitative estimate of drug-likeness (QED) is 0.817. The molecule has 2 aromatic rings. The summed E-state index contributed by atoms with van der Waals surface area (Å²) in [6.45, 7) is 0. The SMILES string of the molecule is NC(=S)c1ncccc1S(=O)(=O)Nc1cc(Cl)cc(Cl)c1. The first-order valence-electron chi connectivity index (χ1n) is 5.53. The number of nitrogens with one attached hydrogen (secondary N) is 1. The molecule has 0 aliphatic heterocycles. The third-order valence-corrected chi connectivity index (χ3v) is 4.45. The fourth-order valence-electron chi connectivity index (χ4n) is 1.62. The predicted octanol–water partition coefficient (Wildman–Crippen LogP) is 2.82. The lowest BCUT2D eigenvalue weighted by atomic mass is 10.3. The van der Waals surface area contributed by atoms with Crippen molar-refractivity contribution < 1.29 is 8.42 Å². The molecule has 110 valence electrons. The average molecular weight is 362 g/mol. The van der Waals surface area contributed by atoms with Crippen LogP contribution in [-0.2, 0) is 10.0 Å². The van der Waals surface area contributed by atoms with Gasteiger partial charge >= 0.3 is 0 Å². The number of nitrogens with two attached hydrogens (primary N) is 1. The monoisotopic (exact) mass is 361 g/mol. The Labute approximate surface area is 137 Å². The molecule has 0 saturated heterocycles. The maximum absolute atomic E-state index is 12.4. The van der Waals surface area contributed by atoms with Crippen LogP contribution in [0, 0.1) is 0 Å². The van der Waals surface area contributed by atoms with Gasteiger partial charge in [-0.3, -0.25) is 9.71 Å². The number of rotatable bonds is 4. The fraction of sp³-hybridized carbons (Fsp3) is 0. The largest absolute Gasteiger partial charge is 0.388 e. The summed E-state index contributed by atoms with van der Waals surface area (Å²) in [6, 6.07) is 7.19. The second-order valence-corrected chi connectivity index (χ2v) is 6.94. The summed E-state index contributed by atoms with van der Waals surface area (Å²) in [4.78, 5) is 3.66. The van der Waals surface area contributed by atoms with Gasteiger partial charge < -0.3 is 5.73 Å². The van der Waals surface area contributed by atoms with Crippen molar-refractivity contribution in [3.05, 3.63) is 52.3 Å². The van der Waals surface area contributed by atoms with E-state index < -0.39 is 10.0 Å². The van der Waals surface area contributed by atoms with Gasteiger partial charge in [0.15, 0.2) is 0 Å². The van der Waals surface area contributed by atoms with Crippen molar-refractivity contribution >= 4 is 56.1 Å². The molecule has 3 N–H and O–H groups in total. The minimum atomic E-state index is -3.92. The van der Waals surface area contributed by atoms with Gasteiger partial charge in [0.05, 0.1) is 5.69 Å². The lowest BCUT2D eigenvalue weighted by Crippen LogP contribution is -2.21. The van der Waals surface area contributed by atoms with E-state index in [2.05, 4.69) is 9.71 Å². The van der Waals surface area contributed by atoms with Gasteiger partial charge in [-0.1, -0.05) is 35.4 Å². The van der Waals surface area contributed by atoms with Crippen molar-refractivity contribution in [3.8, 4) is 0 Å². The smallest absolute Gasteiger partial charge is 0.264 e. The van der Waals surface area contributed by atoms with Crippen molar-refractivity contribution in [1.29, 1.82) is 0 Å². The van der Waals surface area contributed by atoms with Gasteiger partial charge in [-0.25, -0.2) is 8.42 Å². The molecular formula is C12H9Cl2N3O2S2. The lowest BCUT2D eigenvalue weighted by molar-refractivity contribution is 0.600. The van der Waals surface area contributed by atoms with E-state index >= 15 is 0 Å². The van der Waals surface area contributed by atoms with E-state index in [0.29, 0.717) is 10.0 Å². The number of anilines is 1. The molecule has 9 heteroatoms. The van der Waals surface area contributed by atoms with Crippen LogP contribution in [0.2, 0.25) is 10.0 Å². The third kappa shape index (κ3) is 3.82. The lowest BCUT2D eigenvalue weighted by Gasteiger charge is -2.11. The Balaban J connectivity index is 2.46. The van der Waals surface area contributed by atoms with Gasteiger partial charge in [0.25, 0.3) is 10.0 Å². The minimum Gasteiger partial charge on any atom is -0.388 e. The number of hydrogen-bond acceptors (Lipinski definition) is 4. The van der Waals surface area contributed by atoms with E-state index in [1.54, 1.807) is 0 Å². The zero-order chi connectivity index (χ0) is 15.6. The molecule has 0 aliphatic carbocycles. The van der Waals surface area contributed by atoms with Gasteiger partial charge in [0.2, 0.25) is 0 Å². The number of halogens is 2. The van der Waals surface area contributed by atoms with Crippen molar-refractivity contribution in [2.45, 2.75) is 4.90 Å². The normalized spacial score (nSPS) is 11.1. The summed E-state index contributed by atoms with van der Waals surface area (Å²) < 4.78 is 27.2. The van der Waals surface area contributed by atoms with Crippen molar-refractivity contribution in [1.82, 2.24) is 4.98 Å². The zero-order valence-electron chi connectivity index (χ0n) is 10.4. The summed E-state index contributed by atoms with van der Waals surface area (Å²) in [7, 11) is -3.92. The number of pyridine rings is 1. The van der Waals surface area contributed by atoms with Crippen LogP contribution in [0.25, 0.3) is 0 Å². The molecule has 0 saturated carbocycles. The van der Waals surface area contributed by atoms with Crippen LogP contribution in [0.4, 0.5) is 5.69 Å². The van der Waals surface area contributed by atoms with E-state index in [0.717, 1.165) is 0 Å². The van der Waals surface area contributed by atoms with Gasteiger partial charge in [0, 0.05) is 16.2 Å². The molecule has 1 aromatic carbocycles. The maximum Gasteiger partial charge on any atom is 0.264 e. The van der Waals surface area contributed by atoms with Crippen molar-refractivity contribution in [2.75, 3.05) is 4.72 Å². The zero-order valence-corrected chi connectivity index (χ0v) is 13.5. The number of benzene rings is 1. The first kappa shape index (κ1) is 16.0. The molecule has 0 bridgehead atoms. The fourth-order valence-corrected chi connectivity index (χ4v) is 3.58. The average Bonchev–Trinajstić information content (AvgIpc) is 2.36. The van der Waals surface area contributed by atoms with Gasteiger partial charge in [-0.2, -0.15) is 0 Å². The maximum atomic E-state index is 12.4. The second kappa shape index (κ2) is 6.15. The number of thiocarbonyl (C=S) groups is 1. The second-order valence-electron chi connectivity index (χ2n) is 3.98. The molecule has 0 atom stereocenters. The summed E-state index contributed by atoms with van der Waals surface area (Å²) in [5.41, 5.74) is 5.74. The number of hydrogen-bond donors (Lipinski definition) is 2. The highest BCUT2D eigenvalue weighted by Gasteiger charge is 2.21. The molecule has 0 radical (unpaired) electrons. The van der Waals surface area contributed by atoms with E-state index in [-0.39, 0.29) is 21.3 Å². The van der Waals surface area contributed by atoms with Crippen molar-refractivity contribution in [3.63, 3.8) is 0 Å². The van der Waals surface area contributed by atoms with E-state index in [4.69, 9.17) is 41.2 Å². The third-order valence-electron chi connectivity index (χ3n) is 2.41. The Bertz CT molecular complexity index is 790. The topological polar surface area (TPSA) is 85.1 Å². The van der Waals surface area contributed by atoms with Crippen LogP contribution in [0.5, 0.6) is 0 Å². The molecule has 0 spiro atoms. The van der Waals surface area contributed by atoms with Gasteiger partial charge in [-0.15, -0.1) is 0 Å². The number of sulfonamides is 1. The van der Waals surface area contributed by atoms with Crippen LogP contribution in [0.3, 0.4) is 0 Å². The van der Waals surface area contributed by atoms with Gasteiger partial charge in [-0.05, 0) is 30.3 Å². The van der Waals surface area contributed by atoms with Gasteiger partial charge in [0.1, 0.15) is 15.6 Å². The number of nitrogens with zero attached hydrogens (tertiary/aromatic N) is 1. The molecule has 1 heterocycles. The highest BCUT2D eigenvalue weighted by atomic mass is 35.5. The highest BCUT2D eigenvalue weighted by Crippen LogP contribution is 2.25. The molecule has 0 fully saturated rings. The van der Waals surface area contributed by atoms with Crippen LogP contribution in [-0.4, -0.2) is 18.4 Å².